The van der Waals surface area contributed by atoms with E-state index in [2.05, 4.69) is 9.97 Å². The van der Waals surface area contributed by atoms with Gasteiger partial charge in [-0.15, -0.1) is 0 Å². The van der Waals surface area contributed by atoms with E-state index in [9.17, 15) is 17.6 Å². The molecule has 0 unspecified atom stereocenters. The van der Waals surface area contributed by atoms with Gasteiger partial charge in [0.2, 0.25) is 0 Å². The number of nitrogens with one attached hydrogen (secondary N) is 3. The van der Waals surface area contributed by atoms with E-state index in [0.29, 0.717) is 18.2 Å². The number of anilines is 1. The number of rotatable bonds is 9. The number of nitrogens with zero attached hydrogens (tertiary/aromatic N) is 1. The number of benzene rings is 3. The van der Waals surface area contributed by atoms with Gasteiger partial charge in [-0.25, -0.2) is 18.9 Å². The molecule has 0 bridgehead atoms. The van der Waals surface area contributed by atoms with Crippen molar-refractivity contribution in [3.05, 3.63) is 90.6 Å². The van der Waals surface area contributed by atoms with Crippen molar-refractivity contribution in [1.29, 1.82) is 0 Å². The summed E-state index contributed by atoms with van der Waals surface area (Å²) in [7, 11) is -4.42. The van der Waals surface area contributed by atoms with Gasteiger partial charge >= 0.3 is 16.3 Å². The Morgan fingerprint density at radius 3 is 2.33 bits per heavy atom. The lowest BCUT2D eigenvalue weighted by atomic mass is 10.1. The van der Waals surface area contributed by atoms with Gasteiger partial charge in [-0.2, -0.15) is 8.42 Å². The molecule has 12 heteroatoms. The van der Waals surface area contributed by atoms with Crippen LogP contribution in [0.3, 0.4) is 0 Å². The Morgan fingerprint density at radius 2 is 1.67 bits per heavy atom. The van der Waals surface area contributed by atoms with E-state index in [1.54, 1.807) is 43.8 Å². The third-order valence-electron chi connectivity index (χ3n) is 4.95. The Bertz CT molecular complexity index is 1530. The van der Waals surface area contributed by atoms with E-state index in [-0.39, 0.29) is 11.4 Å². The molecule has 3 N–H and O–H groups in total. The number of para-hydroxylation sites is 1. The first-order chi connectivity index (χ1) is 18.5. The highest BCUT2D eigenvalue weighted by Gasteiger charge is 2.22. The fourth-order valence-corrected chi connectivity index (χ4v) is 4.08. The van der Waals surface area contributed by atoms with Gasteiger partial charge in [0.25, 0.3) is 0 Å². The first-order valence-electron chi connectivity index (χ1n) is 11.8. The highest BCUT2D eigenvalue weighted by atomic mass is 32.2. The van der Waals surface area contributed by atoms with Crippen molar-refractivity contribution in [2.24, 2.45) is 0 Å². The van der Waals surface area contributed by atoms with Crippen molar-refractivity contribution in [2.45, 2.75) is 33.0 Å². The van der Waals surface area contributed by atoms with E-state index < -0.39 is 27.7 Å². The Kier molecular flexibility index (Phi) is 8.05. The maximum atomic E-state index is 14.6. The van der Waals surface area contributed by atoms with Crippen molar-refractivity contribution in [2.75, 3.05) is 4.72 Å². The van der Waals surface area contributed by atoms with Crippen LogP contribution in [0.1, 0.15) is 26.6 Å². The fourth-order valence-electron chi connectivity index (χ4n) is 3.31. The average molecular weight is 555 g/mol. The highest BCUT2D eigenvalue weighted by Crippen LogP contribution is 2.28. The second-order valence-corrected chi connectivity index (χ2v) is 10.7. The Morgan fingerprint density at radius 1 is 0.974 bits per heavy atom. The van der Waals surface area contributed by atoms with Gasteiger partial charge in [-0.1, -0.05) is 18.2 Å². The van der Waals surface area contributed by atoms with Crippen LogP contribution in [0.4, 0.5) is 14.9 Å². The molecule has 0 fully saturated rings. The molecule has 204 valence electrons. The molecule has 10 nitrogen and oxygen atoms in total. The number of imidazole rings is 1. The van der Waals surface area contributed by atoms with Crippen LogP contribution in [0.25, 0.3) is 11.3 Å². The molecule has 1 amide bonds. The number of aromatic amines is 1. The first-order valence-corrected chi connectivity index (χ1v) is 13.3. The predicted molar refractivity (Wildman–Crippen MR) is 143 cm³/mol. The van der Waals surface area contributed by atoms with Gasteiger partial charge in [0.05, 0.1) is 17.6 Å². The van der Waals surface area contributed by atoms with Gasteiger partial charge in [0.15, 0.2) is 5.82 Å². The number of hydrogen-bond donors (Lipinski definition) is 3. The van der Waals surface area contributed by atoms with Crippen molar-refractivity contribution >= 4 is 22.0 Å². The molecule has 4 rings (SSSR count). The molecule has 0 aliphatic rings. The van der Waals surface area contributed by atoms with Crippen LogP contribution in [0.15, 0.2) is 79.0 Å². The SMILES string of the molecule is CC(C)(C)OC(=O)NS(=O)(=O)Nc1ccc(Oc2ccc(-c3cnc(COc4ccccc4)[nH]3)cc2)cc1F. The van der Waals surface area contributed by atoms with Crippen molar-refractivity contribution in [3.63, 3.8) is 0 Å². The number of carbonyl (C=O) groups is 1. The maximum absolute atomic E-state index is 14.6. The summed E-state index contributed by atoms with van der Waals surface area (Å²) >= 11 is 0. The molecule has 0 aliphatic heterocycles. The first kappa shape index (κ1) is 27.5. The van der Waals surface area contributed by atoms with E-state index >= 15 is 0 Å². The molecule has 3 aromatic carbocycles. The summed E-state index contributed by atoms with van der Waals surface area (Å²) < 4.78 is 58.8. The molecule has 0 aliphatic carbocycles. The molecule has 0 atom stereocenters. The minimum absolute atomic E-state index is 0.144. The average Bonchev–Trinajstić information content (AvgIpc) is 3.33. The molecule has 1 heterocycles. The van der Waals surface area contributed by atoms with Gasteiger partial charge in [-0.05, 0) is 74.9 Å². The van der Waals surface area contributed by atoms with Crippen molar-refractivity contribution < 1.29 is 31.8 Å². The zero-order chi connectivity index (χ0) is 28.0. The Hall–Kier alpha value is -4.58. The lowest BCUT2D eigenvalue weighted by Crippen LogP contribution is -2.39. The van der Waals surface area contributed by atoms with Crippen molar-refractivity contribution in [3.8, 4) is 28.5 Å². The Labute approximate surface area is 225 Å². The van der Waals surface area contributed by atoms with Crippen LogP contribution in [0, 0.1) is 5.82 Å². The standard InChI is InChI=1S/C27H27FN4O6S/c1-27(2,3)38-26(33)32-39(34,35)31-23-14-13-21(15-22(23)28)37-20-11-9-18(10-12-20)24-16-29-25(30-24)17-36-19-7-5-4-6-8-19/h4-16,31H,17H2,1-3H3,(H,29,30)(H,32,33). The number of aromatic nitrogens is 2. The third-order valence-corrected chi connectivity index (χ3v) is 5.87. The summed E-state index contributed by atoms with van der Waals surface area (Å²) in [6.07, 6.45) is 0.512. The van der Waals surface area contributed by atoms with Crippen LogP contribution < -0.4 is 18.9 Å². The zero-order valence-corrected chi connectivity index (χ0v) is 22.2. The molecular formula is C27H27FN4O6S. The molecule has 0 saturated heterocycles. The smallest absolute Gasteiger partial charge is 0.422 e. The second-order valence-electron chi connectivity index (χ2n) is 9.32. The lowest BCUT2D eigenvalue weighted by molar-refractivity contribution is 0.0570. The van der Waals surface area contributed by atoms with E-state index in [4.69, 9.17) is 14.2 Å². The summed E-state index contributed by atoms with van der Waals surface area (Å²) in [5.74, 6) is 1.09. The van der Waals surface area contributed by atoms with Crippen LogP contribution in [0.2, 0.25) is 0 Å². The largest absolute Gasteiger partial charge is 0.486 e. The molecule has 4 aromatic rings. The third kappa shape index (κ3) is 8.20. The number of ether oxygens (including phenoxy) is 3. The van der Waals surface area contributed by atoms with E-state index in [0.717, 1.165) is 23.1 Å². The summed E-state index contributed by atoms with van der Waals surface area (Å²) in [6, 6.07) is 20.0. The monoisotopic (exact) mass is 554 g/mol. The number of H-pyrrole nitrogens is 1. The zero-order valence-electron chi connectivity index (χ0n) is 21.4. The van der Waals surface area contributed by atoms with Gasteiger partial charge < -0.3 is 19.2 Å². The maximum Gasteiger partial charge on any atom is 0.422 e. The molecule has 1 aromatic heterocycles. The van der Waals surface area contributed by atoms with Crippen LogP contribution in [-0.4, -0.2) is 30.1 Å². The van der Waals surface area contributed by atoms with E-state index in [1.807, 2.05) is 47.2 Å². The summed E-state index contributed by atoms with van der Waals surface area (Å²) in [5.41, 5.74) is 0.367. The summed E-state index contributed by atoms with van der Waals surface area (Å²) in [6.45, 7) is 5.03. The second kappa shape index (κ2) is 11.4. The number of hydrogen-bond acceptors (Lipinski definition) is 7. The number of amides is 1. The lowest BCUT2D eigenvalue weighted by Gasteiger charge is -2.19. The van der Waals surface area contributed by atoms with Gasteiger partial charge in [0.1, 0.15) is 35.3 Å². The fraction of sp³-hybridized carbons (Fsp3) is 0.185. The van der Waals surface area contributed by atoms with Crippen LogP contribution >= 0.6 is 0 Å². The molecule has 0 spiro atoms. The molecular weight excluding hydrogens is 527 g/mol. The van der Waals surface area contributed by atoms with Crippen molar-refractivity contribution in [1.82, 2.24) is 14.7 Å². The van der Waals surface area contributed by atoms with Gasteiger partial charge in [0, 0.05) is 6.07 Å². The molecule has 0 saturated carbocycles. The number of carbonyl (C=O) groups excluding carboxylic acids is 1. The normalized spacial score (nSPS) is 11.5. The quantitative estimate of drug-likeness (QED) is 0.239. The molecule has 39 heavy (non-hydrogen) atoms. The minimum atomic E-state index is -4.42. The summed E-state index contributed by atoms with van der Waals surface area (Å²) in [4.78, 5) is 19.3. The van der Waals surface area contributed by atoms with E-state index in [1.165, 1.54) is 12.1 Å². The highest BCUT2D eigenvalue weighted by molar-refractivity contribution is 7.91. The predicted octanol–water partition coefficient (Wildman–Crippen LogP) is 5.77. The topological polar surface area (TPSA) is 132 Å². The number of halogens is 1. The minimum Gasteiger partial charge on any atom is -0.486 e. The van der Waals surface area contributed by atoms with Crippen LogP contribution in [0.5, 0.6) is 17.2 Å². The van der Waals surface area contributed by atoms with Crippen LogP contribution in [-0.2, 0) is 21.6 Å². The van der Waals surface area contributed by atoms with Gasteiger partial charge in [-0.3, -0.25) is 4.72 Å². The summed E-state index contributed by atoms with van der Waals surface area (Å²) in [5, 5.41) is 0. The Balaban J connectivity index is 1.34. The molecule has 0 radical (unpaired) electrons.